The van der Waals surface area contributed by atoms with Crippen molar-refractivity contribution in [1.82, 2.24) is 43.6 Å². The van der Waals surface area contributed by atoms with E-state index in [0.29, 0.717) is 59.3 Å². The van der Waals surface area contributed by atoms with Crippen LogP contribution in [0.15, 0.2) is 60.8 Å². The van der Waals surface area contributed by atoms with Gasteiger partial charge in [-0.3, -0.25) is 23.7 Å². The van der Waals surface area contributed by atoms with Crippen LogP contribution in [0, 0.1) is 20.8 Å². The van der Waals surface area contributed by atoms with Crippen LogP contribution in [0.2, 0.25) is 0 Å². The van der Waals surface area contributed by atoms with Crippen LogP contribution >= 0.6 is 0 Å². The van der Waals surface area contributed by atoms with E-state index in [-0.39, 0.29) is 12.2 Å². The third-order valence-electron chi connectivity index (χ3n) is 9.06. The summed E-state index contributed by atoms with van der Waals surface area (Å²) in [6.07, 6.45) is 5.85. The molecule has 14 heteroatoms. The minimum Gasteiger partial charge on any atom is -0.366 e. The maximum atomic E-state index is 13.6. The summed E-state index contributed by atoms with van der Waals surface area (Å²) in [5.41, 5.74) is 18.7. The Labute approximate surface area is 292 Å². The first-order valence-electron chi connectivity index (χ1n) is 16.6. The van der Waals surface area contributed by atoms with Crippen LogP contribution in [0.25, 0.3) is 44.5 Å². The van der Waals surface area contributed by atoms with Crippen molar-refractivity contribution in [2.75, 3.05) is 0 Å². The third-order valence-corrected chi connectivity index (χ3v) is 9.06. The van der Waals surface area contributed by atoms with Gasteiger partial charge in [0, 0.05) is 54.8 Å². The standard InChI is InChI=1S/C37H37N11O3/c1-6-48-29(14-22(4)44-48)31(49)18-32-41-27-17-24(35(39)51)13-20(2)33(27)47(32)12-8-7-11-46-28-10-9-23(34(38)50)16-25(28)26-19-40-36(42-37(26)46)30-15-21(3)43-45(30)5/h7-10,13-17,19H,6,11-12,18H2,1-5H3,(H2,38,50)(H2,39,51)/b8-7+. The molecule has 7 rings (SSSR count). The molecule has 2 aromatic carbocycles. The van der Waals surface area contributed by atoms with Gasteiger partial charge in [0.05, 0.1) is 34.4 Å². The number of rotatable bonds is 11. The normalized spacial score (nSPS) is 11.9. The van der Waals surface area contributed by atoms with Gasteiger partial charge in [-0.25, -0.2) is 15.0 Å². The van der Waals surface area contributed by atoms with Crippen LogP contribution in [0.1, 0.15) is 60.9 Å². The number of nitrogens with zero attached hydrogens (tertiary/aromatic N) is 9. The molecule has 7 aromatic rings. The number of hydrogen-bond donors (Lipinski definition) is 2. The van der Waals surface area contributed by atoms with E-state index in [0.717, 1.165) is 44.5 Å². The smallest absolute Gasteiger partial charge is 0.248 e. The van der Waals surface area contributed by atoms with Crippen molar-refractivity contribution in [3.63, 3.8) is 0 Å². The van der Waals surface area contributed by atoms with Crippen LogP contribution in [-0.2, 0) is 33.1 Å². The Morgan fingerprint density at radius 1 is 0.824 bits per heavy atom. The molecule has 0 unspecified atom stereocenters. The van der Waals surface area contributed by atoms with Gasteiger partial charge in [-0.1, -0.05) is 12.2 Å². The fourth-order valence-corrected chi connectivity index (χ4v) is 6.76. The second-order valence-electron chi connectivity index (χ2n) is 12.7. The number of primary amides is 2. The molecule has 0 saturated carbocycles. The minimum atomic E-state index is -0.547. The number of aryl methyl sites for hydroxylation is 5. The fraction of sp³-hybridized carbons (Fsp3) is 0.243. The number of fused-ring (bicyclic) bond motifs is 4. The molecule has 0 bridgehead atoms. The molecule has 2 amide bonds. The summed E-state index contributed by atoms with van der Waals surface area (Å²) in [5.74, 6) is -0.0848. The lowest BCUT2D eigenvalue weighted by atomic mass is 10.1. The van der Waals surface area contributed by atoms with E-state index in [1.165, 1.54) is 0 Å². The van der Waals surface area contributed by atoms with Crippen LogP contribution in [0.4, 0.5) is 0 Å². The van der Waals surface area contributed by atoms with Gasteiger partial charge in [0.15, 0.2) is 11.6 Å². The van der Waals surface area contributed by atoms with Gasteiger partial charge >= 0.3 is 0 Å². The van der Waals surface area contributed by atoms with Gasteiger partial charge in [-0.05, 0) is 75.7 Å². The number of benzene rings is 2. The largest absolute Gasteiger partial charge is 0.366 e. The Bertz CT molecular complexity index is 2580. The summed E-state index contributed by atoms with van der Waals surface area (Å²) in [5, 5.41) is 10.5. The van der Waals surface area contributed by atoms with Crippen molar-refractivity contribution in [3.05, 3.63) is 100 Å². The maximum Gasteiger partial charge on any atom is 0.248 e. The highest BCUT2D eigenvalue weighted by Gasteiger charge is 2.21. The molecule has 51 heavy (non-hydrogen) atoms. The topological polar surface area (TPSA) is 187 Å². The Balaban J connectivity index is 1.28. The summed E-state index contributed by atoms with van der Waals surface area (Å²) in [7, 11) is 1.85. The number of Topliss-reactive ketones (excluding diaryl/α,β-unsaturated/α-hetero) is 1. The van der Waals surface area contributed by atoms with E-state index in [2.05, 4.69) is 19.7 Å². The highest BCUT2D eigenvalue weighted by molar-refractivity contribution is 6.09. The highest BCUT2D eigenvalue weighted by Crippen LogP contribution is 2.30. The number of nitrogens with two attached hydrogens (primary N) is 2. The number of imidazole rings is 1. The molecule has 4 N–H and O–H groups in total. The van der Waals surface area contributed by atoms with Crippen molar-refractivity contribution in [2.45, 2.75) is 53.8 Å². The number of aromatic nitrogens is 9. The molecule has 0 aliphatic carbocycles. The number of carbonyl (C=O) groups excluding carboxylic acids is 3. The Hall–Kier alpha value is -6.44. The van der Waals surface area contributed by atoms with Gasteiger partial charge in [-0.15, -0.1) is 0 Å². The molecule has 0 spiro atoms. The zero-order valence-corrected chi connectivity index (χ0v) is 29.0. The average molecular weight is 684 g/mol. The molecule has 0 aliphatic heterocycles. The number of hydrogen-bond acceptors (Lipinski definition) is 8. The maximum absolute atomic E-state index is 13.6. The Morgan fingerprint density at radius 3 is 2.24 bits per heavy atom. The van der Waals surface area contributed by atoms with Crippen molar-refractivity contribution in [1.29, 1.82) is 0 Å². The number of allylic oxidation sites excluding steroid dienone is 2. The first kappa shape index (κ1) is 33.1. The number of ketones is 1. The second-order valence-corrected chi connectivity index (χ2v) is 12.7. The van der Waals surface area contributed by atoms with E-state index in [1.54, 1.807) is 45.9 Å². The zero-order valence-electron chi connectivity index (χ0n) is 29.0. The predicted octanol–water partition coefficient (Wildman–Crippen LogP) is 4.36. The average Bonchev–Trinajstić information content (AvgIpc) is 3.83. The molecule has 0 fully saturated rings. The summed E-state index contributed by atoms with van der Waals surface area (Å²) < 4.78 is 7.51. The summed E-state index contributed by atoms with van der Waals surface area (Å²) >= 11 is 0. The number of amides is 2. The van der Waals surface area contributed by atoms with Crippen LogP contribution in [0.3, 0.4) is 0 Å². The van der Waals surface area contributed by atoms with Crippen molar-refractivity contribution < 1.29 is 14.4 Å². The lowest BCUT2D eigenvalue weighted by Crippen LogP contribution is -2.15. The molecule has 0 saturated heterocycles. The van der Waals surface area contributed by atoms with Crippen molar-refractivity contribution in [3.8, 4) is 11.5 Å². The lowest BCUT2D eigenvalue weighted by Gasteiger charge is -2.10. The molecule has 0 aliphatic rings. The molecular weight excluding hydrogens is 646 g/mol. The fourth-order valence-electron chi connectivity index (χ4n) is 6.76. The first-order chi connectivity index (χ1) is 24.4. The lowest BCUT2D eigenvalue weighted by molar-refractivity contribution is 0.0975. The van der Waals surface area contributed by atoms with Crippen LogP contribution in [0.5, 0.6) is 0 Å². The van der Waals surface area contributed by atoms with Crippen LogP contribution < -0.4 is 11.5 Å². The summed E-state index contributed by atoms with van der Waals surface area (Å²) in [6.45, 7) is 9.03. The first-order valence-corrected chi connectivity index (χ1v) is 16.6. The van der Waals surface area contributed by atoms with Gasteiger partial charge in [-0.2, -0.15) is 10.2 Å². The molecule has 258 valence electrons. The molecule has 0 radical (unpaired) electrons. The van der Waals surface area contributed by atoms with Gasteiger partial charge in [0.2, 0.25) is 11.8 Å². The molecular formula is C37H37N11O3. The van der Waals surface area contributed by atoms with E-state index in [4.69, 9.17) is 21.4 Å². The summed E-state index contributed by atoms with van der Waals surface area (Å²) in [6, 6.07) is 12.5. The van der Waals surface area contributed by atoms with Crippen molar-refractivity contribution >= 4 is 50.6 Å². The Morgan fingerprint density at radius 2 is 1.55 bits per heavy atom. The van der Waals surface area contributed by atoms with E-state index in [1.807, 2.05) is 63.6 Å². The van der Waals surface area contributed by atoms with Gasteiger partial charge < -0.3 is 20.6 Å². The quantitative estimate of drug-likeness (QED) is 0.149. The third kappa shape index (κ3) is 5.94. The monoisotopic (exact) mass is 683 g/mol. The zero-order chi connectivity index (χ0) is 36.1. The SMILES string of the molecule is CCn1nc(C)cc1C(=O)Cc1nc2cc(C(N)=O)cc(C)c2n1C/C=C/Cn1c2ccc(C(N)=O)cc2c2cnc(-c3cc(C)nn3C)nc21. The number of carbonyl (C=O) groups is 3. The molecule has 0 atom stereocenters. The Kier molecular flexibility index (Phi) is 8.29. The van der Waals surface area contributed by atoms with Gasteiger partial charge in [0.1, 0.15) is 22.9 Å². The minimum absolute atomic E-state index is 0.0429. The van der Waals surface area contributed by atoms with E-state index in [9.17, 15) is 14.4 Å². The molecule has 14 nitrogen and oxygen atoms in total. The molecule has 5 aromatic heterocycles. The predicted molar refractivity (Wildman–Crippen MR) is 193 cm³/mol. The van der Waals surface area contributed by atoms with E-state index < -0.39 is 11.8 Å². The second kappa shape index (κ2) is 12.8. The van der Waals surface area contributed by atoms with E-state index >= 15 is 0 Å². The molecule has 5 heterocycles. The van der Waals surface area contributed by atoms with Crippen molar-refractivity contribution in [2.24, 2.45) is 18.5 Å². The highest BCUT2D eigenvalue weighted by atomic mass is 16.1. The summed E-state index contributed by atoms with van der Waals surface area (Å²) in [4.78, 5) is 52.2. The van der Waals surface area contributed by atoms with Gasteiger partial charge in [0.25, 0.3) is 0 Å². The van der Waals surface area contributed by atoms with Crippen LogP contribution in [-0.4, -0.2) is 61.2 Å².